The van der Waals surface area contributed by atoms with Gasteiger partial charge in [-0.3, -0.25) is 10.1 Å². The topological polar surface area (TPSA) is 50.4 Å². The van der Waals surface area contributed by atoms with Gasteiger partial charge in [-0.05, 0) is 42.4 Å². The number of ether oxygens (including phenoxy) is 1. The molecule has 25 heavy (non-hydrogen) atoms. The van der Waals surface area contributed by atoms with E-state index in [1.54, 1.807) is 36.4 Å². The van der Waals surface area contributed by atoms with Crippen LogP contribution in [0.5, 0.6) is 5.75 Å². The molecule has 0 aliphatic rings. The Bertz CT molecular complexity index is 761. The van der Waals surface area contributed by atoms with Crippen molar-refractivity contribution < 1.29 is 9.53 Å². The molecule has 7 heteroatoms. The number of hydrogen-bond acceptors (Lipinski definition) is 3. The summed E-state index contributed by atoms with van der Waals surface area (Å²) in [5.74, 6) is 0.480. The third-order valence-corrected chi connectivity index (χ3v) is 3.97. The molecular weight excluding hydrogens is 379 g/mol. The Balaban J connectivity index is 2.08. The summed E-state index contributed by atoms with van der Waals surface area (Å²) < 4.78 is 5.69. The summed E-state index contributed by atoms with van der Waals surface area (Å²) >= 11 is 17.3. The normalized spacial score (nSPS) is 10.4. The number of para-hydroxylation sites is 2. The van der Waals surface area contributed by atoms with Crippen LogP contribution in [0.4, 0.5) is 5.69 Å². The molecule has 0 radical (unpaired) electrons. The average Bonchev–Trinajstić information content (AvgIpc) is 2.56. The van der Waals surface area contributed by atoms with E-state index in [-0.39, 0.29) is 11.0 Å². The number of nitrogens with one attached hydrogen (secondary N) is 2. The minimum atomic E-state index is -0.375. The van der Waals surface area contributed by atoms with Crippen molar-refractivity contribution in [2.45, 2.75) is 13.8 Å². The van der Waals surface area contributed by atoms with Crippen molar-refractivity contribution in [1.29, 1.82) is 0 Å². The molecule has 2 rings (SSSR count). The molecular formula is C18H18Cl2N2O2S. The third-order valence-electron chi connectivity index (χ3n) is 3.13. The molecule has 2 N–H and O–H groups in total. The van der Waals surface area contributed by atoms with Crippen molar-refractivity contribution in [3.8, 4) is 5.75 Å². The van der Waals surface area contributed by atoms with E-state index in [2.05, 4.69) is 10.6 Å². The molecule has 0 saturated heterocycles. The monoisotopic (exact) mass is 396 g/mol. The summed E-state index contributed by atoms with van der Waals surface area (Å²) in [6.07, 6.45) is 0. The highest BCUT2D eigenvalue weighted by molar-refractivity contribution is 7.80. The smallest absolute Gasteiger partial charge is 0.261 e. The van der Waals surface area contributed by atoms with E-state index in [4.69, 9.17) is 40.2 Å². The molecule has 1 amide bonds. The lowest BCUT2D eigenvalue weighted by Gasteiger charge is -2.15. The molecule has 0 bridgehead atoms. The van der Waals surface area contributed by atoms with E-state index in [0.29, 0.717) is 39.6 Å². The Morgan fingerprint density at radius 1 is 1.12 bits per heavy atom. The quantitative estimate of drug-likeness (QED) is 0.685. The molecule has 0 saturated carbocycles. The van der Waals surface area contributed by atoms with Crippen molar-refractivity contribution in [2.24, 2.45) is 5.92 Å². The zero-order chi connectivity index (χ0) is 18.4. The standard InChI is InChI=1S/C18H18Cl2N2O2S/c1-11(2)10-24-15-9-4-3-6-12(15)17(23)22-18(25)21-16-13(19)7-5-8-14(16)20/h3-9,11H,10H2,1-2H3,(H2,21,22,23,25). The van der Waals surface area contributed by atoms with Crippen LogP contribution in [0.25, 0.3) is 0 Å². The van der Waals surface area contributed by atoms with Crippen LogP contribution < -0.4 is 15.4 Å². The lowest BCUT2D eigenvalue weighted by Crippen LogP contribution is -2.34. The Morgan fingerprint density at radius 2 is 1.76 bits per heavy atom. The van der Waals surface area contributed by atoms with Crippen molar-refractivity contribution >= 4 is 52.1 Å². The van der Waals surface area contributed by atoms with Gasteiger partial charge in [-0.2, -0.15) is 0 Å². The summed E-state index contributed by atoms with van der Waals surface area (Å²) in [7, 11) is 0. The predicted molar refractivity (Wildman–Crippen MR) is 107 cm³/mol. The number of thiocarbonyl (C=S) groups is 1. The number of amides is 1. The SMILES string of the molecule is CC(C)COc1ccccc1C(=O)NC(=S)Nc1c(Cl)cccc1Cl. The molecule has 2 aromatic carbocycles. The van der Waals surface area contributed by atoms with Gasteiger partial charge in [-0.25, -0.2) is 0 Å². The van der Waals surface area contributed by atoms with Gasteiger partial charge < -0.3 is 10.1 Å². The van der Waals surface area contributed by atoms with E-state index in [1.807, 2.05) is 19.9 Å². The van der Waals surface area contributed by atoms with Crippen molar-refractivity contribution in [2.75, 3.05) is 11.9 Å². The van der Waals surface area contributed by atoms with Gasteiger partial charge in [0.2, 0.25) is 0 Å². The van der Waals surface area contributed by atoms with E-state index < -0.39 is 0 Å². The number of carbonyl (C=O) groups is 1. The van der Waals surface area contributed by atoms with Crippen LogP contribution in [0, 0.1) is 5.92 Å². The van der Waals surface area contributed by atoms with Crippen LogP contribution in [-0.2, 0) is 0 Å². The van der Waals surface area contributed by atoms with Gasteiger partial charge in [-0.1, -0.05) is 55.2 Å². The number of carbonyl (C=O) groups excluding carboxylic acids is 1. The van der Waals surface area contributed by atoms with Gasteiger partial charge in [0, 0.05) is 0 Å². The summed E-state index contributed by atoms with van der Waals surface area (Å²) in [6, 6.07) is 12.1. The number of benzene rings is 2. The van der Waals surface area contributed by atoms with Crippen LogP contribution in [-0.4, -0.2) is 17.6 Å². The largest absolute Gasteiger partial charge is 0.492 e. The van der Waals surface area contributed by atoms with Crippen molar-refractivity contribution in [3.63, 3.8) is 0 Å². The first-order valence-corrected chi connectivity index (χ1v) is 8.83. The first kappa shape index (κ1) is 19.5. The second kappa shape index (κ2) is 9.04. The van der Waals surface area contributed by atoms with Crippen LogP contribution in [0.3, 0.4) is 0 Å². The molecule has 0 unspecified atom stereocenters. The van der Waals surface area contributed by atoms with Gasteiger partial charge >= 0.3 is 0 Å². The second-order valence-corrected chi connectivity index (χ2v) is 6.93. The average molecular weight is 397 g/mol. The fraction of sp³-hybridized carbons (Fsp3) is 0.222. The van der Waals surface area contributed by atoms with E-state index in [0.717, 1.165) is 0 Å². The highest BCUT2D eigenvalue weighted by atomic mass is 35.5. The molecule has 0 atom stereocenters. The molecule has 2 aromatic rings. The highest BCUT2D eigenvalue weighted by Crippen LogP contribution is 2.29. The summed E-state index contributed by atoms with van der Waals surface area (Å²) in [5.41, 5.74) is 0.845. The Morgan fingerprint density at radius 3 is 2.40 bits per heavy atom. The van der Waals surface area contributed by atoms with Gasteiger partial charge in [0.15, 0.2) is 5.11 Å². The maximum Gasteiger partial charge on any atom is 0.261 e. The molecule has 0 aromatic heterocycles. The summed E-state index contributed by atoms with van der Waals surface area (Å²) in [4.78, 5) is 12.5. The minimum absolute atomic E-state index is 0.0960. The molecule has 4 nitrogen and oxygen atoms in total. The number of hydrogen-bond donors (Lipinski definition) is 2. The van der Waals surface area contributed by atoms with Crippen LogP contribution in [0.2, 0.25) is 10.0 Å². The van der Waals surface area contributed by atoms with Crippen molar-refractivity contribution in [1.82, 2.24) is 5.32 Å². The van der Waals surface area contributed by atoms with E-state index in [9.17, 15) is 4.79 Å². The molecule has 0 aliphatic heterocycles. The molecule has 0 aliphatic carbocycles. The number of halogens is 2. The maximum atomic E-state index is 12.5. The van der Waals surface area contributed by atoms with Gasteiger partial charge in [0.25, 0.3) is 5.91 Å². The molecule has 132 valence electrons. The lowest BCUT2D eigenvalue weighted by atomic mass is 10.2. The maximum absolute atomic E-state index is 12.5. The van der Waals surface area contributed by atoms with Crippen molar-refractivity contribution in [3.05, 3.63) is 58.1 Å². The zero-order valence-electron chi connectivity index (χ0n) is 13.8. The second-order valence-electron chi connectivity index (χ2n) is 5.71. The third kappa shape index (κ3) is 5.59. The highest BCUT2D eigenvalue weighted by Gasteiger charge is 2.15. The Labute approximate surface area is 162 Å². The summed E-state index contributed by atoms with van der Waals surface area (Å²) in [5, 5.41) is 6.37. The fourth-order valence-corrected chi connectivity index (χ4v) is 2.66. The number of rotatable bonds is 5. The lowest BCUT2D eigenvalue weighted by molar-refractivity contribution is 0.0973. The van der Waals surface area contributed by atoms with E-state index >= 15 is 0 Å². The summed E-state index contributed by atoms with van der Waals surface area (Å²) in [6.45, 7) is 4.59. The minimum Gasteiger partial charge on any atom is -0.492 e. The van der Waals surface area contributed by atoms with Gasteiger partial charge in [0.1, 0.15) is 5.75 Å². The van der Waals surface area contributed by atoms with Gasteiger partial charge in [0.05, 0.1) is 27.9 Å². The predicted octanol–water partition coefficient (Wildman–Crippen LogP) is 5.16. The first-order chi connectivity index (χ1) is 11.9. The molecule has 0 heterocycles. The zero-order valence-corrected chi connectivity index (χ0v) is 16.1. The fourth-order valence-electron chi connectivity index (χ4n) is 1.97. The van der Waals surface area contributed by atoms with Crippen LogP contribution in [0.15, 0.2) is 42.5 Å². The van der Waals surface area contributed by atoms with E-state index in [1.165, 1.54) is 0 Å². The van der Waals surface area contributed by atoms with Gasteiger partial charge in [-0.15, -0.1) is 0 Å². The van der Waals surface area contributed by atoms with Crippen LogP contribution in [0.1, 0.15) is 24.2 Å². The molecule has 0 fully saturated rings. The Kier molecular flexibility index (Phi) is 7.05. The van der Waals surface area contributed by atoms with Crippen LogP contribution >= 0.6 is 35.4 Å². The number of anilines is 1. The Hall–Kier alpha value is -1.82. The first-order valence-electron chi connectivity index (χ1n) is 7.66. The molecule has 0 spiro atoms.